The average molecular weight is 296 g/mol. The second-order valence-electron chi connectivity index (χ2n) is 3.65. The highest BCUT2D eigenvalue weighted by Gasteiger charge is 2.09. The van der Waals surface area contributed by atoms with Crippen LogP contribution in [0.3, 0.4) is 0 Å². The lowest BCUT2D eigenvalue weighted by Gasteiger charge is -2.06. The maximum absolute atomic E-state index is 13.8. The van der Waals surface area contributed by atoms with Gasteiger partial charge in [-0.3, -0.25) is 0 Å². The molecule has 0 radical (unpaired) electrons. The van der Waals surface area contributed by atoms with E-state index in [2.05, 4.69) is 25.9 Å². The smallest absolute Gasteiger partial charge is 0.162 e. The largest absolute Gasteiger partial charge is 0.325 e. The van der Waals surface area contributed by atoms with Crippen molar-refractivity contribution in [3.63, 3.8) is 0 Å². The number of hydrogen-bond donors (Lipinski definition) is 1. The van der Waals surface area contributed by atoms with Gasteiger partial charge in [0.2, 0.25) is 0 Å². The van der Waals surface area contributed by atoms with Crippen LogP contribution in [0.15, 0.2) is 28.7 Å². The molecule has 1 aromatic carbocycles. The summed E-state index contributed by atoms with van der Waals surface area (Å²) in [4.78, 5) is 8.44. The molecule has 0 saturated carbocycles. The van der Waals surface area contributed by atoms with E-state index in [4.69, 9.17) is 5.73 Å². The number of halogens is 2. The van der Waals surface area contributed by atoms with Gasteiger partial charge in [0.1, 0.15) is 5.82 Å². The standard InChI is InChI=1S/C12H11BrFN3/c1-7-4-9(6-15)17-12(16-7)10-3-2-8(13)5-11(10)14/h2-5H,6,15H2,1H3. The molecule has 0 aliphatic heterocycles. The Bertz CT molecular complexity index is 557. The summed E-state index contributed by atoms with van der Waals surface area (Å²) in [6, 6.07) is 6.59. The van der Waals surface area contributed by atoms with E-state index in [9.17, 15) is 4.39 Å². The Hall–Kier alpha value is -1.33. The Balaban J connectivity index is 2.55. The molecule has 1 aromatic heterocycles. The monoisotopic (exact) mass is 295 g/mol. The zero-order chi connectivity index (χ0) is 12.4. The lowest BCUT2D eigenvalue weighted by molar-refractivity contribution is 0.629. The first-order chi connectivity index (χ1) is 8.10. The van der Waals surface area contributed by atoms with Crippen molar-refractivity contribution in [1.82, 2.24) is 9.97 Å². The highest BCUT2D eigenvalue weighted by molar-refractivity contribution is 9.10. The topological polar surface area (TPSA) is 51.8 Å². The molecule has 0 amide bonds. The van der Waals surface area contributed by atoms with Crippen molar-refractivity contribution in [2.75, 3.05) is 0 Å². The van der Waals surface area contributed by atoms with Gasteiger partial charge in [0.15, 0.2) is 5.82 Å². The van der Waals surface area contributed by atoms with Gasteiger partial charge in [-0.15, -0.1) is 0 Å². The number of rotatable bonds is 2. The molecule has 2 aromatic rings. The molecule has 0 aliphatic rings. The third-order valence-electron chi connectivity index (χ3n) is 2.29. The van der Waals surface area contributed by atoms with Gasteiger partial charge in [-0.25, -0.2) is 14.4 Å². The number of nitrogens with zero attached hydrogens (tertiary/aromatic N) is 2. The summed E-state index contributed by atoms with van der Waals surface area (Å²) >= 11 is 3.21. The molecule has 0 atom stereocenters. The van der Waals surface area contributed by atoms with Crippen molar-refractivity contribution in [3.8, 4) is 11.4 Å². The number of nitrogens with two attached hydrogens (primary N) is 1. The summed E-state index contributed by atoms with van der Waals surface area (Å²) in [6.45, 7) is 2.15. The van der Waals surface area contributed by atoms with E-state index in [1.165, 1.54) is 6.07 Å². The fourth-order valence-electron chi connectivity index (χ4n) is 1.53. The van der Waals surface area contributed by atoms with Crippen molar-refractivity contribution < 1.29 is 4.39 Å². The Kier molecular flexibility index (Phi) is 3.49. The van der Waals surface area contributed by atoms with Gasteiger partial charge in [-0.2, -0.15) is 0 Å². The van der Waals surface area contributed by atoms with Crippen LogP contribution in [-0.4, -0.2) is 9.97 Å². The van der Waals surface area contributed by atoms with Crippen molar-refractivity contribution in [2.24, 2.45) is 5.73 Å². The Morgan fingerprint density at radius 1 is 1.29 bits per heavy atom. The highest BCUT2D eigenvalue weighted by atomic mass is 79.9. The van der Waals surface area contributed by atoms with Crippen LogP contribution in [0.5, 0.6) is 0 Å². The van der Waals surface area contributed by atoms with E-state index < -0.39 is 0 Å². The SMILES string of the molecule is Cc1cc(CN)nc(-c2ccc(Br)cc2F)n1. The van der Waals surface area contributed by atoms with Crippen LogP contribution in [0, 0.1) is 12.7 Å². The molecular weight excluding hydrogens is 285 g/mol. The molecule has 0 saturated heterocycles. The minimum atomic E-state index is -0.354. The summed E-state index contributed by atoms with van der Waals surface area (Å²) in [7, 11) is 0. The molecule has 0 unspecified atom stereocenters. The van der Waals surface area contributed by atoms with Crippen molar-refractivity contribution in [2.45, 2.75) is 13.5 Å². The summed E-state index contributed by atoms with van der Waals surface area (Å²) in [5.41, 5.74) is 7.40. The van der Waals surface area contributed by atoms with E-state index in [1.54, 1.807) is 18.2 Å². The van der Waals surface area contributed by atoms with Crippen LogP contribution in [0.1, 0.15) is 11.4 Å². The molecule has 1 heterocycles. The van der Waals surface area contributed by atoms with Crippen LogP contribution in [0.25, 0.3) is 11.4 Å². The Labute approximate surface area is 107 Å². The molecular formula is C12H11BrFN3. The van der Waals surface area contributed by atoms with Crippen LogP contribution >= 0.6 is 15.9 Å². The van der Waals surface area contributed by atoms with Crippen LogP contribution in [0.4, 0.5) is 4.39 Å². The maximum Gasteiger partial charge on any atom is 0.162 e. The van der Waals surface area contributed by atoms with E-state index >= 15 is 0 Å². The normalized spacial score (nSPS) is 10.6. The molecule has 0 bridgehead atoms. The van der Waals surface area contributed by atoms with E-state index in [0.29, 0.717) is 28.1 Å². The number of benzene rings is 1. The van der Waals surface area contributed by atoms with Gasteiger partial charge in [0.05, 0.1) is 11.3 Å². The fraction of sp³-hybridized carbons (Fsp3) is 0.167. The zero-order valence-electron chi connectivity index (χ0n) is 9.24. The molecule has 0 aliphatic carbocycles. The predicted octanol–water partition coefficient (Wildman–Crippen LogP) is 2.81. The molecule has 5 heteroatoms. The molecule has 0 spiro atoms. The van der Waals surface area contributed by atoms with Crippen LogP contribution in [0.2, 0.25) is 0 Å². The quantitative estimate of drug-likeness (QED) is 0.927. The molecule has 17 heavy (non-hydrogen) atoms. The molecule has 0 fully saturated rings. The third-order valence-corrected chi connectivity index (χ3v) is 2.78. The van der Waals surface area contributed by atoms with Gasteiger partial charge in [-0.05, 0) is 31.2 Å². The van der Waals surface area contributed by atoms with Crippen molar-refractivity contribution in [3.05, 3.63) is 45.9 Å². The minimum Gasteiger partial charge on any atom is -0.325 e. The summed E-state index contributed by atoms with van der Waals surface area (Å²) in [5, 5.41) is 0. The third kappa shape index (κ3) is 2.68. The fourth-order valence-corrected chi connectivity index (χ4v) is 1.86. The van der Waals surface area contributed by atoms with Crippen LogP contribution in [-0.2, 0) is 6.54 Å². The predicted molar refractivity (Wildman–Crippen MR) is 67.8 cm³/mol. The van der Waals surface area contributed by atoms with Crippen molar-refractivity contribution in [1.29, 1.82) is 0 Å². The second-order valence-corrected chi connectivity index (χ2v) is 4.57. The van der Waals surface area contributed by atoms with Crippen LogP contribution < -0.4 is 5.73 Å². The first-order valence-electron chi connectivity index (χ1n) is 5.10. The Morgan fingerprint density at radius 3 is 2.71 bits per heavy atom. The first kappa shape index (κ1) is 12.1. The average Bonchev–Trinajstić information content (AvgIpc) is 2.28. The maximum atomic E-state index is 13.8. The Morgan fingerprint density at radius 2 is 2.06 bits per heavy atom. The zero-order valence-corrected chi connectivity index (χ0v) is 10.8. The summed E-state index contributed by atoms with van der Waals surface area (Å²) in [5.74, 6) is 0.0170. The number of hydrogen-bond acceptors (Lipinski definition) is 3. The molecule has 3 nitrogen and oxygen atoms in total. The van der Waals surface area contributed by atoms with Gasteiger partial charge < -0.3 is 5.73 Å². The highest BCUT2D eigenvalue weighted by Crippen LogP contribution is 2.23. The number of aromatic nitrogens is 2. The molecule has 88 valence electrons. The molecule has 2 N–H and O–H groups in total. The lowest BCUT2D eigenvalue weighted by Crippen LogP contribution is -2.04. The van der Waals surface area contributed by atoms with Gasteiger partial charge in [0, 0.05) is 16.7 Å². The summed E-state index contributed by atoms with van der Waals surface area (Å²) < 4.78 is 14.4. The van der Waals surface area contributed by atoms with E-state index in [-0.39, 0.29) is 5.82 Å². The van der Waals surface area contributed by atoms with E-state index in [0.717, 1.165) is 5.69 Å². The van der Waals surface area contributed by atoms with Crippen molar-refractivity contribution >= 4 is 15.9 Å². The number of aryl methyl sites for hydroxylation is 1. The minimum absolute atomic E-state index is 0.314. The molecule has 2 rings (SSSR count). The van der Waals surface area contributed by atoms with Gasteiger partial charge >= 0.3 is 0 Å². The first-order valence-corrected chi connectivity index (χ1v) is 5.89. The van der Waals surface area contributed by atoms with Gasteiger partial charge in [0.25, 0.3) is 0 Å². The second kappa shape index (κ2) is 4.89. The lowest BCUT2D eigenvalue weighted by atomic mass is 10.2. The van der Waals surface area contributed by atoms with Gasteiger partial charge in [-0.1, -0.05) is 15.9 Å². The summed E-state index contributed by atoms with van der Waals surface area (Å²) in [6.07, 6.45) is 0. The van der Waals surface area contributed by atoms with E-state index in [1.807, 2.05) is 6.92 Å².